The molecule has 4 rings (SSSR count). The molecule has 2 fully saturated rings. The van der Waals surface area contributed by atoms with Crippen LogP contribution >= 0.6 is 0 Å². The van der Waals surface area contributed by atoms with Crippen molar-refractivity contribution in [2.45, 2.75) is 39.2 Å². The van der Waals surface area contributed by atoms with Crippen molar-refractivity contribution < 1.29 is 9.53 Å². The molecule has 2 aromatic rings. The van der Waals surface area contributed by atoms with Gasteiger partial charge in [-0.1, -0.05) is 18.2 Å². The van der Waals surface area contributed by atoms with E-state index in [0.29, 0.717) is 13.1 Å². The van der Waals surface area contributed by atoms with E-state index in [0.717, 1.165) is 42.5 Å². The summed E-state index contributed by atoms with van der Waals surface area (Å²) in [4.78, 5) is 29.2. The van der Waals surface area contributed by atoms with E-state index < -0.39 is 5.60 Å². The lowest BCUT2D eigenvalue weighted by molar-refractivity contribution is -0.00143. The van der Waals surface area contributed by atoms with Gasteiger partial charge in [-0.2, -0.15) is 5.26 Å². The van der Waals surface area contributed by atoms with E-state index in [1.54, 1.807) is 11.9 Å². The number of aryl methyl sites for hydroxylation is 1. The number of amides is 1. The molecule has 0 radical (unpaired) electrons. The van der Waals surface area contributed by atoms with Gasteiger partial charge in [0.1, 0.15) is 17.2 Å². The van der Waals surface area contributed by atoms with Crippen LogP contribution in [0.4, 0.5) is 10.5 Å². The average Bonchev–Trinajstić information content (AvgIpc) is 2.67. The Morgan fingerprint density at radius 2 is 1.90 bits per heavy atom. The van der Waals surface area contributed by atoms with Gasteiger partial charge in [0, 0.05) is 44.0 Å². The second-order valence-corrected chi connectivity index (χ2v) is 9.58. The number of ether oxygens (including phenoxy) is 1. The van der Waals surface area contributed by atoms with Gasteiger partial charge in [-0.3, -0.25) is 4.79 Å². The molecule has 2 aliphatic rings. The van der Waals surface area contributed by atoms with Crippen molar-refractivity contribution in [3.63, 3.8) is 0 Å². The molecule has 1 aromatic carbocycles. The fraction of sp³-hybridized carbons (Fsp3) is 0.522. The SMILES string of the molecule is Cn1c(=O)c(C#N)c(N2CC3(CCCN(C(=O)OC(C)(C)C)C3)C2)c2ccccc21. The van der Waals surface area contributed by atoms with Crippen LogP contribution in [0.5, 0.6) is 0 Å². The standard InChI is InChI=1S/C23H28N4O3/c1-22(2,3)30-21(29)26-11-7-10-23(13-26)14-27(15-23)19-16-8-5-6-9-18(16)25(4)20(28)17(19)12-24/h5-6,8-9H,7,10-11,13-15H2,1-4H3. The number of hydrogen-bond donors (Lipinski definition) is 0. The van der Waals surface area contributed by atoms with Crippen LogP contribution in [-0.2, 0) is 11.8 Å². The van der Waals surface area contributed by atoms with Crippen molar-refractivity contribution >= 4 is 22.7 Å². The minimum Gasteiger partial charge on any atom is -0.444 e. The molecule has 0 aliphatic carbocycles. The van der Waals surface area contributed by atoms with E-state index in [1.807, 2.05) is 45.0 Å². The van der Waals surface area contributed by atoms with Crippen molar-refractivity contribution in [2.75, 3.05) is 31.1 Å². The lowest BCUT2D eigenvalue weighted by atomic mass is 9.73. The first-order chi connectivity index (χ1) is 14.1. The molecule has 1 spiro atoms. The number of para-hydroxylation sites is 1. The topological polar surface area (TPSA) is 78.6 Å². The van der Waals surface area contributed by atoms with Gasteiger partial charge in [0.15, 0.2) is 0 Å². The Bertz CT molecular complexity index is 1100. The number of nitriles is 1. The van der Waals surface area contributed by atoms with Gasteiger partial charge in [-0.05, 0) is 39.7 Å². The highest BCUT2D eigenvalue weighted by Crippen LogP contribution is 2.44. The van der Waals surface area contributed by atoms with Crippen molar-refractivity contribution in [3.05, 3.63) is 40.2 Å². The van der Waals surface area contributed by atoms with Crippen LogP contribution < -0.4 is 10.5 Å². The summed E-state index contributed by atoms with van der Waals surface area (Å²) in [6.07, 6.45) is 1.68. The maximum atomic E-state index is 12.8. The number of hydrogen-bond acceptors (Lipinski definition) is 5. The van der Waals surface area contributed by atoms with Crippen molar-refractivity contribution in [2.24, 2.45) is 12.5 Å². The number of anilines is 1. The normalized spacial score (nSPS) is 18.2. The molecule has 1 aromatic heterocycles. The Morgan fingerprint density at radius 1 is 1.20 bits per heavy atom. The maximum absolute atomic E-state index is 12.8. The van der Waals surface area contributed by atoms with E-state index in [4.69, 9.17) is 4.74 Å². The molecule has 0 atom stereocenters. The largest absolute Gasteiger partial charge is 0.444 e. The summed E-state index contributed by atoms with van der Waals surface area (Å²) in [6.45, 7) is 8.41. The molecular weight excluding hydrogens is 380 g/mol. The molecule has 0 saturated carbocycles. The molecular formula is C23H28N4O3. The van der Waals surface area contributed by atoms with Crippen LogP contribution in [0.25, 0.3) is 10.9 Å². The third-order valence-corrected chi connectivity index (χ3v) is 6.07. The summed E-state index contributed by atoms with van der Waals surface area (Å²) in [5, 5.41) is 10.6. The van der Waals surface area contributed by atoms with Gasteiger partial charge in [-0.15, -0.1) is 0 Å². The number of pyridine rings is 1. The van der Waals surface area contributed by atoms with Crippen molar-refractivity contribution in [3.8, 4) is 6.07 Å². The predicted molar refractivity (Wildman–Crippen MR) is 116 cm³/mol. The Labute approximate surface area is 176 Å². The lowest BCUT2D eigenvalue weighted by Gasteiger charge is -2.55. The van der Waals surface area contributed by atoms with E-state index in [-0.39, 0.29) is 22.6 Å². The Hall–Kier alpha value is -3.01. The molecule has 158 valence electrons. The first-order valence-corrected chi connectivity index (χ1v) is 10.4. The highest BCUT2D eigenvalue weighted by atomic mass is 16.6. The van der Waals surface area contributed by atoms with E-state index in [9.17, 15) is 14.9 Å². The number of nitrogens with zero attached hydrogens (tertiary/aromatic N) is 4. The smallest absolute Gasteiger partial charge is 0.410 e. The van der Waals surface area contributed by atoms with E-state index >= 15 is 0 Å². The average molecular weight is 409 g/mol. The summed E-state index contributed by atoms with van der Waals surface area (Å²) in [6, 6.07) is 9.82. The number of likely N-dealkylation sites (tertiary alicyclic amines) is 1. The second-order valence-electron chi connectivity index (χ2n) is 9.58. The van der Waals surface area contributed by atoms with Gasteiger partial charge >= 0.3 is 6.09 Å². The van der Waals surface area contributed by atoms with Gasteiger partial charge in [-0.25, -0.2) is 4.79 Å². The third-order valence-electron chi connectivity index (χ3n) is 6.07. The molecule has 2 aliphatic heterocycles. The van der Waals surface area contributed by atoms with Gasteiger partial charge in [0.25, 0.3) is 5.56 Å². The fourth-order valence-corrected chi connectivity index (χ4v) is 4.78. The highest BCUT2D eigenvalue weighted by molar-refractivity contribution is 5.95. The highest BCUT2D eigenvalue weighted by Gasteiger charge is 2.48. The monoisotopic (exact) mass is 408 g/mol. The zero-order chi connectivity index (χ0) is 21.7. The molecule has 0 N–H and O–H groups in total. The van der Waals surface area contributed by atoms with Crippen LogP contribution in [0.2, 0.25) is 0 Å². The number of piperidine rings is 1. The van der Waals surface area contributed by atoms with Crippen LogP contribution in [0.3, 0.4) is 0 Å². The lowest BCUT2D eigenvalue weighted by Crippen LogP contribution is -2.64. The summed E-state index contributed by atoms with van der Waals surface area (Å²) < 4.78 is 7.10. The maximum Gasteiger partial charge on any atom is 0.410 e. The van der Waals surface area contributed by atoms with Crippen molar-refractivity contribution in [1.29, 1.82) is 5.26 Å². The van der Waals surface area contributed by atoms with Crippen LogP contribution in [-0.4, -0.2) is 47.3 Å². The van der Waals surface area contributed by atoms with Crippen LogP contribution in [0.15, 0.2) is 29.1 Å². The fourth-order valence-electron chi connectivity index (χ4n) is 4.78. The number of benzene rings is 1. The molecule has 30 heavy (non-hydrogen) atoms. The number of aromatic nitrogens is 1. The van der Waals surface area contributed by atoms with Crippen LogP contribution in [0, 0.1) is 16.7 Å². The zero-order valence-corrected chi connectivity index (χ0v) is 18.1. The Kier molecular flexibility index (Phi) is 4.76. The second kappa shape index (κ2) is 7.05. The molecule has 7 nitrogen and oxygen atoms in total. The minimum atomic E-state index is -0.516. The van der Waals surface area contributed by atoms with E-state index in [1.165, 1.54) is 4.57 Å². The number of fused-ring (bicyclic) bond motifs is 1. The van der Waals surface area contributed by atoms with Gasteiger partial charge in [0.2, 0.25) is 0 Å². The van der Waals surface area contributed by atoms with Crippen LogP contribution in [0.1, 0.15) is 39.2 Å². The molecule has 1 amide bonds. The molecule has 3 heterocycles. The third kappa shape index (κ3) is 3.41. The van der Waals surface area contributed by atoms with Crippen molar-refractivity contribution in [1.82, 2.24) is 9.47 Å². The summed E-state index contributed by atoms with van der Waals surface area (Å²) >= 11 is 0. The predicted octanol–water partition coefficient (Wildman–Crippen LogP) is 3.25. The van der Waals surface area contributed by atoms with E-state index in [2.05, 4.69) is 11.0 Å². The first-order valence-electron chi connectivity index (χ1n) is 10.4. The Morgan fingerprint density at radius 3 is 2.57 bits per heavy atom. The summed E-state index contributed by atoms with van der Waals surface area (Å²) in [5.41, 5.74) is 0.909. The zero-order valence-electron chi connectivity index (χ0n) is 18.1. The molecule has 0 bridgehead atoms. The summed E-state index contributed by atoms with van der Waals surface area (Å²) in [7, 11) is 1.70. The first kappa shape index (κ1) is 20.3. The van der Waals surface area contributed by atoms with Gasteiger partial charge in [0.05, 0.1) is 11.2 Å². The molecule has 7 heteroatoms. The summed E-state index contributed by atoms with van der Waals surface area (Å²) in [5.74, 6) is 0. The quantitative estimate of drug-likeness (QED) is 0.724. The molecule has 2 saturated heterocycles. The minimum absolute atomic E-state index is 0.0237. The molecule has 0 unspecified atom stereocenters. The Balaban J connectivity index is 1.61. The number of rotatable bonds is 1. The van der Waals surface area contributed by atoms with Gasteiger partial charge < -0.3 is 19.1 Å². The number of carbonyl (C=O) groups excluding carboxylic acids is 1. The number of carbonyl (C=O) groups is 1.